The molecule has 1 aromatic heterocycles. The van der Waals surface area contributed by atoms with Crippen molar-refractivity contribution in [2.24, 2.45) is 5.73 Å². The minimum Gasteiger partial charge on any atom is -0.504 e. The number of benzene rings is 1. The van der Waals surface area contributed by atoms with Gasteiger partial charge in [-0.3, -0.25) is 0 Å². The number of hydrogen-bond acceptors (Lipinski definition) is 5. The van der Waals surface area contributed by atoms with Gasteiger partial charge in [0.05, 0.1) is 16.6 Å². The van der Waals surface area contributed by atoms with Crippen LogP contribution in [0.3, 0.4) is 0 Å². The van der Waals surface area contributed by atoms with E-state index in [1.165, 1.54) is 6.07 Å². The highest BCUT2D eigenvalue weighted by Crippen LogP contribution is 2.34. The van der Waals surface area contributed by atoms with Crippen LogP contribution in [-0.2, 0) is 6.54 Å². The minimum absolute atomic E-state index is 0.00537. The van der Waals surface area contributed by atoms with Crippen molar-refractivity contribution in [3.63, 3.8) is 0 Å². The van der Waals surface area contributed by atoms with Crippen molar-refractivity contribution in [3.05, 3.63) is 32.4 Å². The Kier molecular flexibility index (Phi) is 2.75. The van der Waals surface area contributed by atoms with E-state index in [2.05, 4.69) is 4.98 Å². The van der Waals surface area contributed by atoms with Crippen molar-refractivity contribution in [1.29, 1.82) is 0 Å². The van der Waals surface area contributed by atoms with Crippen molar-refractivity contribution in [1.82, 2.24) is 4.98 Å². The first kappa shape index (κ1) is 11.2. The fourth-order valence-corrected chi connectivity index (χ4v) is 1.82. The Balaban J connectivity index is 3.00. The predicted octanol–water partition coefficient (Wildman–Crippen LogP) is 1.66. The van der Waals surface area contributed by atoms with Crippen LogP contribution in [0.1, 0.15) is 5.89 Å². The molecule has 0 fully saturated rings. The molecule has 2 aromatic rings. The molecule has 0 saturated carbocycles. The van der Waals surface area contributed by atoms with Gasteiger partial charge in [0.25, 0.3) is 0 Å². The second-order valence-electron chi connectivity index (χ2n) is 3.01. The van der Waals surface area contributed by atoms with Crippen molar-refractivity contribution in [2.45, 2.75) is 6.54 Å². The number of nitrogens with zero attached hydrogens (tertiary/aromatic N) is 1. The Hall–Kier alpha value is -1.30. The molecule has 0 aliphatic carbocycles. The molecule has 1 aromatic carbocycles. The number of phenolic OH excluding ortho intramolecular Hbond substituents is 1. The maximum absolute atomic E-state index is 11.5. The largest absolute Gasteiger partial charge is 0.504 e. The molecule has 2 rings (SSSR count). The van der Waals surface area contributed by atoms with E-state index in [-0.39, 0.29) is 39.1 Å². The van der Waals surface area contributed by atoms with Crippen LogP contribution < -0.4 is 11.4 Å². The van der Waals surface area contributed by atoms with Gasteiger partial charge in [0.15, 0.2) is 5.75 Å². The summed E-state index contributed by atoms with van der Waals surface area (Å²) in [7, 11) is 0. The SMILES string of the molecule is NCc1nc2c(O)c(Cl)cc(Cl)c2c(=O)o1. The van der Waals surface area contributed by atoms with Gasteiger partial charge < -0.3 is 15.3 Å². The van der Waals surface area contributed by atoms with Crippen molar-refractivity contribution >= 4 is 34.1 Å². The minimum atomic E-state index is -0.706. The number of nitrogens with two attached hydrogens (primary N) is 1. The van der Waals surface area contributed by atoms with Crippen LogP contribution in [0.2, 0.25) is 10.0 Å². The van der Waals surface area contributed by atoms with Gasteiger partial charge in [0.2, 0.25) is 5.89 Å². The van der Waals surface area contributed by atoms with Gasteiger partial charge >= 0.3 is 5.63 Å². The molecular weight excluding hydrogens is 255 g/mol. The lowest BCUT2D eigenvalue weighted by atomic mass is 10.2. The monoisotopic (exact) mass is 260 g/mol. The molecule has 1 heterocycles. The molecule has 0 unspecified atom stereocenters. The molecule has 0 aliphatic rings. The number of phenols is 1. The maximum atomic E-state index is 11.5. The Bertz CT molecular complexity index is 624. The van der Waals surface area contributed by atoms with Crippen molar-refractivity contribution in [2.75, 3.05) is 0 Å². The Labute approximate surface area is 99.4 Å². The summed E-state index contributed by atoms with van der Waals surface area (Å²) in [5, 5.41) is 9.72. The summed E-state index contributed by atoms with van der Waals surface area (Å²) in [6, 6.07) is 1.25. The molecule has 0 amide bonds. The van der Waals surface area contributed by atoms with Crippen LogP contribution in [0, 0.1) is 0 Å². The number of rotatable bonds is 1. The zero-order chi connectivity index (χ0) is 11.9. The van der Waals surface area contributed by atoms with E-state index >= 15 is 0 Å². The van der Waals surface area contributed by atoms with Gasteiger partial charge in [0.1, 0.15) is 10.9 Å². The molecule has 84 valence electrons. The van der Waals surface area contributed by atoms with Crippen molar-refractivity contribution in [3.8, 4) is 5.75 Å². The highest BCUT2D eigenvalue weighted by atomic mass is 35.5. The second kappa shape index (κ2) is 3.93. The molecule has 0 spiro atoms. The number of fused-ring (bicyclic) bond motifs is 1. The summed E-state index contributed by atoms with van der Waals surface area (Å²) in [4.78, 5) is 15.4. The number of aromatic nitrogens is 1. The van der Waals surface area contributed by atoms with Gasteiger partial charge in [-0.05, 0) is 6.07 Å². The predicted molar refractivity (Wildman–Crippen MR) is 59.9 cm³/mol. The Morgan fingerprint density at radius 3 is 2.75 bits per heavy atom. The summed E-state index contributed by atoms with van der Waals surface area (Å²) in [5.41, 5.74) is 4.58. The smallest absolute Gasteiger partial charge is 0.348 e. The van der Waals surface area contributed by atoms with Gasteiger partial charge in [-0.15, -0.1) is 0 Å². The Morgan fingerprint density at radius 2 is 2.12 bits per heavy atom. The van der Waals surface area contributed by atoms with Crippen LogP contribution in [0.15, 0.2) is 15.3 Å². The third-order valence-electron chi connectivity index (χ3n) is 2.01. The first-order valence-electron chi connectivity index (χ1n) is 4.25. The summed E-state index contributed by atoms with van der Waals surface area (Å²) >= 11 is 11.5. The van der Waals surface area contributed by atoms with Gasteiger partial charge in [-0.2, -0.15) is 0 Å². The second-order valence-corrected chi connectivity index (χ2v) is 3.83. The molecule has 16 heavy (non-hydrogen) atoms. The van der Waals surface area contributed by atoms with E-state index in [0.29, 0.717) is 0 Å². The van der Waals surface area contributed by atoms with E-state index in [9.17, 15) is 9.90 Å². The van der Waals surface area contributed by atoms with E-state index in [1.807, 2.05) is 0 Å². The number of hydrogen-bond donors (Lipinski definition) is 2. The molecule has 0 bridgehead atoms. The van der Waals surface area contributed by atoms with Gasteiger partial charge in [-0.1, -0.05) is 23.2 Å². The summed E-state index contributed by atoms with van der Waals surface area (Å²) in [5.74, 6) is -0.310. The summed E-state index contributed by atoms with van der Waals surface area (Å²) in [6.07, 6.45) is 0. The lowest BCUT2D eigenvalue weighted by Crippen LogP contribution is -2.09. The first-order chi connectivity index (χ1) is 7.54. The zero-order valence-corrected chi connectivity index (χ0v) is 9.34. The summed E-state index contributed by atoms with van der Waals surface area (Å²) in [6.45, 7) is -0.0608. The number of aromatic hydroxyl groups is 1. The molecular formula is C9H6Cl2N2O3. The molecule has 5 nitrogen and oxygen atoms in total. The average molecular weight is 261 g/mol. The van der Waals surface area contributed by atoms with Crippen molar-refractivity contribution < 1.29 is 9.52 Å². The van der Waals surface area contributed by atoms with E-state index in [1.54, 1.807) is 0 Å². The molecule has 0 radical (unpaired) electrons. The average Bonchev–Trinajstić information content (AvgIpc) is 2.24. The van der Waals surface area contributed by atoms with Gasteiger partial charge in [0, 0.05) is 0 Å². The van der Waals surface area contributed by atoms with Gasteiger partial charge in [-0.25, -0.2) is 9.78 Å². The molecule has 7 heteroatoms. The fraction of sp³-hybridized carbons (Fsp3) is 0.111. The first-order valence-corrected chi connectivity index (χ1v) is 5.01. The summed E-state index contributed by atoms with van der Waals surface area (Å²) < 4.78 is 4.79. The normalized spacial score (nSPS) is 10.9. The Morgan fingerprint density at radius 1 is 1.44 bits per heavy atom. The lowest BCUT2D eigenvalue weighted by Gasteiger charge is -2.04. The third-order valence-corrected chi connectivity index (χ3v) is 2.59. The van der Waals surface area contributed by atoms with Crippen LogP contribution in [0.5, 0.6) is 5.75 Å². The lowest BCUT2D eigenvalue weighted by molar-refractivity contribution is 0.441. The molecule has 0 saturated heterocycles. The maximum Gasteiger partial charge on any atom is 0.348 e. The van der Waals surface area contributed by atoms with Crippen LogP contribution in [-0.4, -0.2) is 10.1 Å². The molecule has 3 N–H and O–H groups in total. The standard InChI is InChI=1S/C9H6Cl2N2O3/c10-3-1-4(11)8(14)7-6(3)9(15)16-5(2-12)13-7/h1,14H,2,12H2. The van der Waals surface area contributed by atoms with E-state index in [4.69, 9.17) is 33.4 Å². The van der Waals surface area contributed by atoms with Crippen LogP contribution in [0.4, 0.5) is 0 Å². The zero-order valence-electron chi connectivity index (χ0n) is 7.83. The quantitative estimate of drug-likeness (QED) is 0.814. The molecule has 0 aliphatic heterocycles. The third kappa shape index (κ3) is 1.63. The van der Waals surface area contributed by atoms with Crippen LogP contribution >= 0.6 is 23.2 Å². The highest BCUT2D eigenvalue weighted by Gasteiger charge is 2.15. The molecule has 0 atom stereocenters. The van der Waals surface area contributed by atoms with E-state index < -0.39 is 5.63 Å². The van der Waals surface area contributed by atoms with Crippen LogP contribution in [0.25, 0.3) is 10.9 Å². The van der Waals surface area contributed by atoms with E-state index in [0.717, 1.165) is 0 Å². The number of halogens is 2. The fourth-order valence-electron chi connectivity index (χ4n) is 1.29. The highest BCUT2D eigenvalue weighted by molar-refractivity contribution is 6.39. The topological polar surface area (TPSA) is 89.4 Å².